The van der Waals surface area contributed by atoms with Gasteiger partial charge in [0.15, 0.2) is 6.10 Å². The molecular formula is C17H24N2O3. The van der Waals surface area contributed by atoms with Crippen molar-refractivity contribution in [3.05, 3.63) is 24.3 Å². The highest BCUT2D eigenvalue weighted by Gasteiger charge is 2.22. The number of carbonyl (C=O) groups excluding carboxylic acids is 1. The van der Waals surface area contributed by atoms with Gasteiger partial charge in [-0.25, -0.2) is 0 Å². The maximum Gasteiger partial charge on any atom is 0.255 e. The molecule has 0 saturated carbocycles. The molecule has 2 aliphatic rings. The molecule has 1 N–H and O–H groups in total. The summed E-state index contributed by atoms with van der Waals surface area (Å²) in [6.07, 6.45) is 4.60. The second-order valence-electron chi connectivity index (χ2n) is 5.88. The lowest BCUT2D eigenvalue weighted by Gasteiger charge is -2.24. The van der Waals surface area contributed by atoms with Crippen molar-refractivity contribution >= 4 is 17.3 Å². The van der Waals surface area contributed by atoms with Crippen molar-refractivity contribution in [1.29, 1.82) is 0 Å². The van der Waals surface area contributed by atoms with E-state index in [2.05, 4.69) is 16.3 Å². The number of hydrogen-bond donors (Lipinski definition) is 1. The molecule has 5 heteroatoms. The molecule has 22 heavy (non-hydrogen) atoms. The molecule has 1 amide bonds. The number of amides is 1. The van der Waals surface area contributed by atoms with E-state index in [0.717, 1.165) is 18.8 Å². The zero-order valence-corrected chi connectivity index (χ0v) is 12.9. The van der Waals surface area contributed by atoms with E-state index in [0.29, 0.717) is 19.8 Å². The smallest absolute Gasteiger partial charge is 0.255 e. The van der Waals surface area contributed by atoms with Crippen LogP contribution in [0.5, 0.6) is 0 Å². The van der Waals surface area contributed by atoms with Crippen molar-refractivity contribution in [3.63, 3.8) is 0 Å². The second-order valence-corrected chi connectivity index (χ2v) is 5.88. The Morgan fingerprint density at radius 1 is 1.14 bits per heavy atom. The number of anilines is 2. The standard InChI is InChI=1S/C17H24N2O3/c20-17(16-13-21-10-11-22-16)18-14-6-5-7-15(12-14)19-8-3-1-2-4-9-19/h5-7,12,16H,1-4,8-11,13H2,(H,18,20). The molecule has 5 nitrogen and oxygen atoms in total. The van der Waals surface area contributed by atoms with Crippen molar-refractivity contribution in [1.82, 2.24) is 0 Å². The third-order valence-corrected chi connectivity index (χ3v) is 4.19. The lowest BCUT2D eigenvalue weighted by Crippen LogP contribution is -2.39. The van der Waals surface area contributed by atoms with Gasteiger partial charge in [0.05, 0.1) is 19.8 Å². The number of rotatable bonds is 3. The summed E-state index contributed by atoms with van der Waals surface area (Å²) >= 11 is 0. The van der Waals surface area contributed by atoms with Crippen LogP contribution in [0.25, 0.3) is 0 Å². The van der Waals surface area contributed by atoms with Crippen LogP contribution in [0.15, 0.2) is 24.3 Å². The van der Waals surface area contributed by atoms with Crippen molar-refractivity contribution in [3.8, 4) is 0 Å². The fourth-order valence-corrected chi connectivity index (χ4v) is 2.97. The summed E-state index contributed by atoms with van der Waals surface area (Å²) in [6.45, 7) is 3.56. The molecule has 3 rings (SSSR count). The van der Waals surface area contributed by atoms with E-state index in [9.17, 15) is 4.79 Å². The zero-order chi connectivity index (χ0) is 15.2. The van der Waals surface area contributed by atoms with Crippen LogP contribution in [-0.4, -0.2) is 44.9 Å². The Morgan fingerprint density at radius 3 is 2.68 bits per heavy atom. The maximum absolute atomic E-state index is 12.2. The summed E-state index contributed by atoms with van der Waals surface area (Å²) < 4.78 is 10.7. The van der Waals surface area contributed by atoms with E-state index < -0.39 is 6.10 Å². The van der Waals surface area contributed by atoms with Crippen molar-refractivity contribution in [2.45, 2.75) is 31.8 Å². The van der Waals surface area contributed by atoms with Crippen LogP contribution in [0.4, 0.5) is 11.4 Å². The van der Waals surface area contributed by atoms with Gasteiger partial charge in [-0.05, 0) is 31.0 Å². The van der Waals surface area contributed by atoms with Gasteiger partial charge in [-0.15, -0.1) is 0 Å². The Balaban J connectivity index is 1.64. The number of nitrogens with zero attached hydrogens (tertiary/aromatic N) is 1. The summed E-state index contributed by atoms with van der Waals surface area (Å²) in [6, 6.07) is 8.07. The summed E-state index contributed by atoms with van der Waals surface area (Å²) in [5, 5.41) is 2.94. The highest BCUT2D eigenvalue weighted by Crippen LogP contribution is 2.23. The molecule has 0 aliphatic carbocycles. The van der Waals surface area contributed by atoms with Crippen LogP contribution in [0.2, 0.25) is 0 Å². The van der Waals surface area contributed by atoms with Gasteiger partial charge in [-0.1, -0.05) is 18.9 Å². The number of nitrogens with one attached hydrogen (secondary N) is 1. The van der Waals surface area contributed by atoms with Crippen LogP contribution >= 0.6 is 0 Å². The summed E-state index contributed by atoms with van der Waals surface area (Å²) in [4.78, 5) is 14.6. The molecule has 2 aliphatic heterocycles. The molecule has 2 saturated heterocycles. The number of hydrogen-bond acceptors (Lipinski definition) is 4. The van der Waals surface area contributed by atoms with Crippen LogP contribution in [-0.2, 0) is 14.3 Å². The predicted molar refractivity (Wildman–Crippen MR) is 86.3 cm³/mol. The molecule has 2 heterocycles. The zero-order valence-electron chi connectivity index (χ0n) is 12.9. The molecule has 1 atom stereocenters. The SMILES string of the molecule is O=C(Nc1cccc(N2CCCCCC2)c1)C1COCCO1. The molecule has 2 fully saturated rings. The minimum atomic E-state index is -0.504. The van der Waals surface area contributed by atoms with E-state index >= 15 is 0 Å². The third kappa shape index (κ3) is 3.99. The molecule has 1 aromatic carbocycles. The van der Waals surface area contributed by atoms with Gasteiger partial charge < -0.3 is 19.7 Å². The number of ether oxygens (including phenoxy) is 2. The maximum atomic E-state index is 12.2. The van der Waals surface area contributed by atoms with Gasteiger partial charge in [0.2, 0.25) is 0 Å². The Morgan fingerprint density at radius 2 is 1.95 bits per heavy atom. The molecule has 1 unspecified atom stereocenters. The van der Waals surface area contributed by atoms with E-state index in [1.165, 1.54) is 31.4 Å². The van der Waals surface area contributed by atoms with Gasteiger partial charge in [-0.3, -0.25) is 4.79 Å². The van der Waals surface area contributed by atoms with Gasteiger partial charge in [0.25, 0.3) is 5.91 Å². The van der Waals surface area contributed by atoms with Crippen LogP contribution < -0.4 is 10.2 Å². The first-order valence-electron chi connectivity index (χ1n) is 8.18. The van der Waals surface area contributed by atoms with Gasteiger partial charge in [0.1, 0.15) is 0 Å². The Bertz CT molecular complexity index is 492. The molecule has 0 radical (unpaired) electrons. The van der Waals surface area contributed by atoms with Crippen LogP contribution in [0, 0.1) is 0 Å². The minimum Gasteiger partial charge on any atom is -0.376 e. The normalized spacial score (nSPS) is 22.9. The van der Waals surface area contributed by atoms with Crippen molar-refractivity contribution < 1.29 is 14.3 Å². The number of benzene rings is 1. The first kappa shape index (κ1) is 15.3. The van der Waals surface area contributed by atoms with Crippen molar-refractivity contribution in [2.24, 2.45) is 0 Å². The summed E-state index contributed by atoms with van der Waals surface area (Å²) in [7, 11) is 0. The Hall–Kier alpha value is -1.59. The molecule has 1 aromatic rings. The fraction of sp³-hybridized carbons (Fsp3) is 0.588. The average Bonchev–Trinajstić information content (AvgIpc) is 2.85. The monoisotopic (exact) mass is 304 g/mol. The van der Waals surface area contributed by atoms with E-state index in [1.54, 1.807) is 0 Å². The molecule has 0 aromatic heterocycles. The van der Waals surface area contributed by atoms with Crippen molar-refractivity contribution in [2.75, 3.05) is 43.1 Å². The van der Waals surface area contributed by atoms with Crippen LogP contribution in [0.3, 0.4) is 0 Å². The highest BCUT2D eigenvalue weighted by atomic mass is 16.6. The molecular weight excluding hydrogens is 280 g/mol. The highest BCUT2D eigenvalue weighted by molar-refractivity contribution is 5.94. The minimum absolute atomic E-state index is 0.132. The average molecular weight is 304 g/mol. The topological polar surface area (TPSA) is 50.8 Å². The Labute approximate surface area is 131 Å². The van der Waals surface area contributed by atoms with Gasteiger partial charge in [0, 0.05) is 24.5 Å². The second kappa shape index (κ2) is 7.61. The number of carbonyl (C=O) groups is 1. The van der Waals surface area contributed by atoms with Gasteiger partial charge in [-0.2, -0.15) is 0 Å². The van der Waals surface area contributed by atoms with E-state index in [1.807, 2.05) is 18.2 Å². The van der Waals surface area contributed by atoms with E-state index in [-0.39, 0.29) is 5.91 Å². The quantitative estimate of drug-likeness (QED) is 0.932. The third-order valence-electron chi connectivity index (χ3n) is 4.19. The lowest BCUT2D eigenvalue weighted by atomic mass is 10.2. The van der Waals surface area contributed by atoms with Gasteiger partial charge >= 0.3 is 0 Å². The van der Waals surface area contributed by atoms with E-state index in [4.69, 9.17) is 9.47 Å². The fourth-order valence-electron chi connectivity index (χ4n) is 2.97. The first-order chi connectivity index (χ1) is 10.8. The molecule has 120 valence electrons. The first-order valence-corrected chi connectivity index (χ1v) is 8.18. The lowest BCUT2D eigenvalue weighted by molar-refractivity contribution is -0.142. The predicted octanol–water partition coefficient (Wildman–Crippen LogP) is 2.42. The molecule has 0 spiro atoms. The largest absolute Gasteiger partial charge is 0.376 e. The Kier molecular flexibility index (Phi) is 5.29. The summed E-state index contributed by atoms with van der Waals surface area (Å²) in [5.74, 6) is -0.132. The summed E-state index contributed by atoms with van der Waals surface area (Å²) in [5.41, 5.74) is 2.00. The molecule has 0 bridgehead atoms. The van der Waals surface area contributed by atoms with Crippen LogP contribution in [0.1, 0.15) is 25.7 Å².